The Balaban J connectivity index is 2.03. The Morgan fingerprint density at radius 2 is 1.83 bits per heavy atom. The van der Waals surface area contributed by atoms with Crippen molar-refractivity contribution in [3.8, 4) is 11.5 Å². The van der Waals surface area contributed by atoms with Gasteiger partial charge in [-0.3, -0.25) is 4.79 Å². The van der Waals surface area contributed by atoms with Gasteiger partial charge in [0.05, 0.1) is 18.2 Å². The number of carbonyl (C=O) groups excluding carboxylic acids is 1. The molecule has 2 aromatic carbocycles. The van der Waals surface area contributed by atoms with Crippen molar-refractivity contribution in [3.05, 3.63) is 52.5 Å². The van der Waals surface area contributed by atoms with Gasteiger partial charge in [-0.05, 0) is 37.6 Å². The van der Waals surface area contributed by atoms with Crippen LogP contribution in [0.2, 0.25) is 5.02 Å². The first-order chi connectivity index (χ1) is 11.5. The molecule has 2 N–H and O–H groups in total. The van der Waals surface area contributed by atoms with Crippen LogP contribution in [0.3, 0.4) is 0 Å². The Bertz CT molecular complexity index is 701. The van der Waals surface area contributed by atoms with Crippen molar-refractivity contribution < 1.29 is 19.4 Å². The number of amides is 1. The molecule has 5 nitrogen and oxygen atoms in total. The molecular formula is C18H20ClNO4. The van der Waals surface area contributed by atoms with Crippen LogP contribution in [0.15, 0.2) is 36.4 Å². The quantitative estimate of drug-likeness (QED) is 0.802. The van der Waals surface area contributed by atoms with Crippen LogP contribution in [0.1, 0.15) is 18.1 Å². The summed E-state index contributed by atoms with van der Waals surface area (Å²) < 4.78 is 11.0. The minimum absolute atomic E-state index is 0.178. The third-order valence-corrected chi connectivity index (χ3v) is 3.63. The molecule has 0 aliphatic rings. The number of rotatable bonds is 7. The molecule has 2 aromatic rings. The Morgan fingerprint density at radius 1 is 1.17 bits per heavy atom. The van der Waals surface area contributed by atoms with E-state index in [0.29, 0.717) is 34.4 Å². The van der Waals surface area contributed by atoms with Crippen molar-refractivity contribution in [1.29, 1.82) is 0 Å². The van der Waals surface area contributed by atoms with E-state index >= 15 is 0 Å². The lowest BCUT2D eigenvalue weighted by molar-refractivity contribution is -0.118. The van der Waals surface area contributed by atoms with Gasteiger partial charge in [0.25, 0.3) is 5.91 Å². The summed E-state index contributed by atoms with van der Waals surface area (Å²) in [4.78, 5) is 12.0. The van der Waals surface area contributed by atoms with Crippen LogP contribution in [0.4, 0.5) is 5.69 Å². The summed E-state index contributed by atoms with van der Waals surface area (Å²) in [5.74, 6) is 0.510. The highest BCUT2D eigenvalue weighted by molar-refractivity contribution is 6.31. The Labute approximate surface area is 146 Å². The lowest BCUT2D eigenvalue weighted by atomic mass is 10.2. The maximum Gasteiger partial charge on any atom is 0.262 e. The maximum absolute atomic E-state index is 12.0. The first kappa shape index (κ1) is 18.1. The molecule has 0 bridgehead atoms. The number of nitrogens with one attached hydrogen (secondary N) is 1. The van der Waals surface area contributed by atoms with Crippen LogP contribution in [-0.4, -0.2) is 24.2 Å². The Hall–Kier alpha value is -2.24. The Morgan fingerprint density at radius 3 is 2.46 bits per heavy atom. The van der Waals surface area contributed by atoms with Crippen LogP contribution >= 0.6 is 11.6 Å². The van der Waals surface area contributed by atoms with Crippen molar-refractivity contribution in [3.63, 3.8) is 0 Å². The summed E-state index contributed by atoms with van der Waals surface area (Å²) in [6.45, 7) is 3.86. The van der Waals surface area contributed by atoms with E-state index < -0.39 is 0 Å². The van der Waals surface area contributed by atoms with E-state index in [4.69, 9.17) is 21.1 Å². The monoisotopic (exact) mass is 349 g/mol. The number of aryl methyl sites for hydroxylation is 1. The molecule has 6 heteroatoms. The molecule has 0 fully saturated rings. The molecule has 128 valence electrons. The highest BCUT2D eigenvalue weighted by atomic mass is 35.5. The molecule has 24 heavy (non-hydrogen) atoms. The Kier molecular flexibility index (Phi) is 6.46. The largest absolute Gasteiger partial charge is 0.490 e. The molecular weight excluding hydrogens is 330 g/mol. The van der Waals surface area contributed by atoms with Crippen molar-refractivity contribution in [1.82, 2.24) is 0 Å². The van der Waals surface area contributed by atoms with E-state index in [0.717, 1.165) is 5.56 Å². The van der Waals surface area contributed by atoms with Gasteiger partial charge in [-0.15, -0.1) is 0 Å². The standard InChI is InChI=1S/C18H20ClNO4/c1-3-23-16-8-13(10-21)15(19)9-17(16)24-11-18(22)20-14-6-4-12(2)5-7-14/h4-9,21H,3,10-11H2,1-2H3,(H,20,22). The van der Waals surface area contributed by atoms with Crippen molar-refractivity contribution in [2.45, 2.75) is 20.5 Å². The summed E-state index contributed by atoms with van der Waals surface area (Å²) >= 11 is 6.07. The van der Waals surface area contributed by atoms with E-state index in [1.54, 1.807) is 6.07 Å². The summed E-state index contributed by atoms with van der Waals surface area (Å²) in [5, 5.41) is 12.4. The SMILES string of the molecule is CCOc1cc(CO)c(Cl)cc1OCC(=O)Nc1ccc(C)cc1. The van der Waals surface area contributed by atoms with Crippen LogP contribution in [0.25, 0.3) is 0 Å². The van der Waals surface area contributed by atoms with Crippen LogP contribution in [0, 0.1) is 6.92 Å². The van der Waals surface area contributed by atoms with Crippen LogP contribution in [0.5, 0.6) is 11.5 Å². The first-order valence-corrected chi connectivity index (χ1v) is 7.96. The maximum atomic E-state index is 12.0. The van der Waals surface area contributed by atoms with Gasteiger partial charge in [0.1, 0.15) is 0 Å². The first-order valence-electron chi connectivity index (χ1n) is 7.59. The summed E-state index contributed by atoms with van der Waals surface area (Å²) in [6, 6.07) is 10.6. The normalized spacial score (nSPS) is 10.3. The molecule has 0 saturated heterocycles. The molecule has 1 amide bonds. The van der Waals surface area contributed by atoms with Gasteiger partial charge in [-0.1, -0.05) is 29.3 Å². The number of benzene rings is 2. The predicted octanol–water partition coefficient (Wildman–Crippen LogP) is 3.56. The highest BCUT2D eigenvalue weighted by Crippen LogP contribution is 2.33. The number of hydrogen-bond donors (Lipinski definition) is 2. The van der Waals surface area contributed by atoms with E-state index in [2.05, 4.69) is 5.32 Å². The van der Waals surface area contributed by atoms with Crippen molar-refractivity contribution >= 4 is 23.2 Å². The number of anilines is 1. The lowest BCUT2D eigenvalue weighted by Gasteiger charge is -2.14. The number of halogens is 1. The van der Waals surface area contributed by atoms with Gasteiger partial charge < -0.3 is 19.9 Å². The summed E-state index contributed by atoms with van der Waals surface area (Å²) in [7, 11) is 0. The average molecular weight is 350 g/mol. The summed E-state index contributed by atoms with van der Waals surface area (Å²) in [5.41, 5.74) is 2.36. The van der Waals surface area contributed by atoms with Gasteiger partial charge in [0.15, 0.2) is 18.1 Å². The summed E-state index contributed by atoms with van der Waals surface area (Å²) in [6.07, 6.45) is 0. The fourth-order valence-corrected chi connectivity index (χ4v) is 2.27. The molecule has 0 aliphatic carbocycles. The molecule has 0 aliphatic heterocycles. The van der Waals surface area contributed by atoms with Gasteiger partial charge in [0, 0.05) is 11.8 Å². The third kappa shape index (κ3) is 4.88. The molecule has 0 saturated carbocycles. The number of aliphatic hydroxyl groups excluding tert-OH is 1. The van der Waals surface area contributed by atoms with Gasteiger partial charge >= 0.3 is 0 Å². The van der Waals surface area contributed by atoms with Gasteiger partial charge in [-0.2, -0.15) is 0 Å². The second kappa shape index (κ2) is 8.57. The van der Waals surface area contributed by atoms with Gasteiger partial charge in [-0.25, -0.2) is 0 Å². The second-order valence-corrected chi connectivity index (χ2v) is 5.59. The fraction of sp³-hybridized carbons (Fsp3) is 0.278. The minimum atomic E-state index is -0.288. The smallest absolute Gasteiger partial charge is 0.262 e. The third-order valence-electron chi connectivity index (χ3n) is 3.28. The highest BCUT2D eigenvalue weighted by Gasteiger charge is 2.12. The zero-order valence-corrected chi connectivity index (χ0v) is 14.4. The predicted molar refractivity (Wildman–Crippen MR) is 93.8 cm³/mol. The van der Waals surface area contributed by atoms with Crippen molar-refractivity contribution in [2.24, 2.45) is 0 Å². The minimum Gasteiger partial charge on any atom is -0.490 e. The fourth-order valence-electron chi connectivity index (χ4n) is 2.06. The zero-order valence-electron chi connectivity index (χ0n) is 13.6. The molecule has 0 atom stereocenters. The van der Waals surface area contributed by atoms with E-state index in [1.165, 1.54) is 6.07 Å². The van der Waals surface area contributed by atoms with E-state index in [9.17, 15) is 9.90 Å². The lowest BCUT2D eigenvalue weighted by Crippen LogP contribution is -2.20. The second-order valence-electron chi connectivity index (χ2n) is 5.18. The van der Waals surface area contributed by atoms with E-state index in [-0.39, 0.29) is 19.1 Å². The zero-order chi connectivity index (χ0) is 17.5. The molecule has 0 unspecified atom stereocenters. The van der Waals surface area contributed by atoms with Crippen LogP contribution < -0.4 is 14.8 Å². The van der Waals surface area contributed by atoms with E-state index in [1.807, 2.05) is 38.1 Å². The van der Waals surface area contributed by atoms with Crippen LogP contribution in [-0.2, 0) is 11.4 Å². The molecule has 2 rings (SSSR count). The molecule has 0 aromatic heterocycles. The topological polar surface area (TPSA) is 67.8 Å². The average Bonchev–Trinajstić information content (AvgIpc) is 2.57. The number of carbonyl (C=O) groups is 1. The van der Waals surface area contributed by atoms with Crippen molar-refractivity contribution in [2.75, 3.05) is 18.5 Å². The molecule has 0 spiro atoms. The number of hydrogen-bond acceptors (Lipinski definition) is 4. The molecule has 0 radical (unpaired) electrons. The van der Waals surface area contributed by atoms with Gasteiger partial charge in [0.2, 0.25) is 0 Å². The molecule has 0 heterocycles. The number of ether oxygens (including phenoxy) is 2. The number of aliphatic hydroxyl groups is 1.